The van der Waals surface area contributed by atoms with Gasteiger partial charge in [0.1, 0.15) is 18.1 Å². The summed E-state index contributed by atoms with van der Waals surface area (Å²) in [6.07, 6.45) is -10.9. The lowest BCUT2D eigenvalue weighted by atomic mass is 9.97. The first-order valence-electron chi connectivity index (χ1n) is 12.6. The molecular weight excluding hydrogens is 631 g/mol. The molecule has 4 rings (SSSR count). The Bertz CT molecular complexity index is 1410. The third-order valence-corrected chi connectivity index (χ3v) is 5.81. The standard InChI is InChI=1S/C24H23F3N2O2.2C2HF3O2/c1-30-20-9-3-5-16(12-20)22-13-21(31-15-19-8-4-10-28-19)14-29-23(22)17-6-2-7-18(11-17)24(25,26)27;2*3-2(4,5)1(6)7/h2-3,5-7,9,11-14,19,28H,4,8,10,15H2,1H3;2*(H,6,7)/t19-;;/m0../s1. The Morgan fingerprint density at radius 1 is 0.867 bits per heavy atom. The van der Waals surface area contributed by atoms with E-state index in [9.17, 15) is 39.5 Å². The topological polar surface area (TPSA) is 118 Å². The Morgan fingerprint density at radius 2 is 1.44 bits per heavy atom. The lowest BCUT2D eigenvalue weighted by Crippen LogP contribution is -2.28. The first-order chi connectivity index (χ1) is 20.8. The number of halogens is 9. The minimum atomic E-state index is -5.08. The summed E-state index contributed by atoms with van der Waals surface area (Å²) in [6.45, 7) is 1.50. The fourth-order valence-corrected chi connectivity index (χ4v) is 3.70. The van der Waals surface area contributed by atoms with Crippen LogP contribution in [-0.2, 0) is 15.8 Å². The third kappa shape index (κ3) is 11.8. The van der Waals surface area contributed by atoms with E-state index in [-0.39, 0.29) is 0 Å². The Kier molecular flexibility index (Phi) is 12.6. The molecule has 0 saturated carbocycles. The molecule has 0 radical (unpaired) electrons. The number of hydrogen-bond acceptors (Lipinski definition) is 6. The van der Waals surface area contributed by atoms with Gasteiger partial charge in [-0.15, -0.1) is 0 Å². The van der Waals surface area contributed by atoms with Crippen molar-refractivity contribution in [3.8, 4) is 33.9 Å². The number of hydrogen-bond donors (Lipinski definition) is 3. The average molecular weight is 656 g/mol. The van der Waals surface area contributed by atoms with Gasteiger partial charge in [0.2, 0.25) is 0 Å². The minimum absolute atomic E-state index is 0.295. The lowest BCUT2D eigenvalue weighted by Gasteiger charge is -2.16. The number of carboxylic acids is 2. The molecule has 2 heterocycles. The molecule has 1 atom stereocenters. The number of methoxy groups -OCH3 is 1. The maximum atomic E-state index is 13.3. The first-order valence-corrected chi connectivity index (χ1v) is 12.6. The normalized spacial score (nSPS) is 14.8. The van der Waals surface area contributed by atoms with E-state index < -0.39 is 36.0 Å². The van der Waals surface area contributed by atoms with E-state index in [2.05, 4.69) is 10.3 Å². The summed E-state index contributed by atoms with van der Waals surface area (Å²) in [5.74, 6) is -4.30. The summed E-state index contributed by atoms with van der Waals surface area (Å²) < 4.78 is 115. The van der Waals surface area contributed by atoms with Crippen LogP contribution < -0.4 is 14.8 Å². The number of aromatic nitrogens is 1. The molecule has 17 heteroatoms. The van der Waals surface area contributed by atoms with Gasteiger partial charge in [0.05, 0.1) is 24.6 Å². The van der Waals surface area contributed by atoms with Gasteiger partial charge in [-0.1, -0.05) is 24.3 Å². The number of alkyl halides is 9. The fourth-order valence-electron chi connectivity index (χ4n) is 3.70. The van der Waals surface area contributed by atoms with Gasteiger partial charge in [0.25, 0.3) is 0 Å². The first kappa shape index (κ1) is 36.7. The summed E-state index contributed by atoms with van der Waals surface area (Å²) in [5.41, 5.74) is 1.58. The number of nitrogens with one attached hydrogen (secondary N) is 1. The Balaban J connectivity index is 0.000000421. The third-order valence-electron chi connectivity index (χ3n) is 5.81. The predicted molar refractivity (Wildman–Crippen MR) is 141 cm³/mol. The van der Waals surface area contributed by atoms with E-state index in [0.29, 0.717) is 41.0 Å². The molecule has 1 fully saturated rings. The maximum absolute atomic E-state index is 13.3. The molecule has 45 heavy (non-hydrogen) atoms. The largest absolute Gasteiger partial charge is 0.497 e. The van der Waals surface area contributed by atoms with E-state index in [1.165, 1.54) is 6.07 Å². The van der Waals surface area contributed by atoms with E-state index in [1.807, 2.05) is 30.3 Å². The maximum Gasteiger partial charge on any atom is 0.490 e. The monoisotopic (exact) mass is 656 g/mol. The van der Waals surface area contributed by atoms with Crippen LogP contribution in [-0.4, -0.2) is 65.8 Å². The van der Waals surface area contributed by atoms with Crippen molar-refractivity contribution in [1.82, 2.24) is 10.3 Å². The zero-order chi connectivity index (χ0) is 34.0. The van der Waals surface area contributed by atoms with Crippen LogP contribution in [0.15, 0.2) is 60.8 Å². The second-order valence-corrected chi connectivity index (χ2v) is 9.09. The van der Waals surface area contributed by atoms with Crippen LogP contribution in [0.25, 0.3) is 22.4 Å². The van der Waals surface area contributed by atoms with E-state index in [0.717, 1.165) is 37.1 Å². The summed E-state index contributed by atoms with van der Waals surface area (Å²) >= 11 is 0. The van der Waals surface area contributed by atoms with Crippen molar-refractivity contribution in [3.05, 3.63) is 66.4 Å². The number of benzene rings is 2. The molecule has 1 aliphatic heterocycles. The van der Waals surface area contributed by atoms with Crippen molar-refractivity contribution in [1.29, 1.82) is 0 Å². The van der Waals surface area contributed by atoms with Gasteiger partial charge < -0.3 is 25.0 Å². The highest BCUT2D eigenvalue weighted by atomic mass is 19.4. The summed E-state index contributed by atoms with van der Waals surface area (Å²) in [6, 6.07) is 14.7. The second-order valence-electron chi connectivity index (χ2n) is 9.09. The van der Waals surface area contributed by atoms with Gasteiger partial charge in [-0.2, -0.15) is 39.5 Å². The second kappa shape index (κ2) is 15.5. The van der Waals surface area contributed by atoms with Crippen molar-refractivity contribution in [3.63, 3.8) is 0 Å². The lowest BCUT2D eigenvalue weighted by molar-refractivity contribution is -0.193. The van der Waals surface area contributed by atoms with Gasteiger partial charge in [-0.3, -0.25) is 4.98 Å². The van der Waals surface area contributed by atoms with Crippen molar-refractivity contribution in [2.75, 3.05) is 20.3 Å². The highest BCUT2D eigenvalue weighted by molar-refractivity contribution is 5.82. The summed E-state index contributed by atoms with van der Waals surface area (Å²) in [4.78, 5) is 22.3. The van der Waals surface area contributed by atoms with Crippen LogP contribution in [0.2, 0.25) is 0 Å². The highest BCUT2D eigenvalue weighted by Gasteiger charge is 2.39. The van der Waals surface area contributed by atoms with E-state index in [4.69, 9.17) is 29.3 Å². The van der Waals surface area contributed by atoms with Crippen LogP contribution in [0.4, 0.5) is 39.5 Å². The molecule has 1 aliphatic rings. The van der Waals surface area contributed by atoms with Gasteiger partial charge in [0.15, 0.2) is 0 Å². The van der Waals surface area contributed by atoms with Crippen LogP contribution in [0, 0.1) is 0 Å². The molecular formula is C28H25F9N2O6. The summed E-state index contributed by atoms with van der Waals surface area (Å²) in [7, 11) is 1.57. The van der Waals surface area contributed by atoms with E-state index in [1.54, 1.807) is 19.4 Å². The van der Waals surface area contributed by atoms with Gasteiger partial charge in [-0.25, -0.2) is 9.59 Å². The van der Waals surface area contributed by atoms with Gasteiger partial charge in [0, 0.05) is 17.2 Å². The van der Waals surface area contributed by atoms with Crippen molar-refractivity contribution in [2.45, 2.75) is 37.4 Å². The number of ether oxygens (including phenoxy) is 2. The van der Waals surface area contributed by atoms with Crippen molar-refractivity contribution >= 4 is 11.9 Å². The molecule has 8 nitrogen and oxygen atoms in total. The number of aliphatic carboxylic acids is 2. The number of rotatable bonds is 6. The van der Waals surface area contributed by atoms with Crippen LogP contribution in [0.1, 0.15) is 18.4 Å². The zero-order valence-corrected chi connectivity index (χ0v) is 23.1. The zero-order valence-electron chi connectivity index (χ0n) is 23.1. The molecule has 0 unspecified atom stereocenters. The minimum Gasteiger partial charge on any atom is -0.497 e. The number of carboxylic acid groups (broad SMARTS) is 2. The Labute approximate surface area is 249 Å². The molecule has 3 aromatic rings. The molecule has 2 aromatic carbocycles. The van der Waals surface area contributed by atoms with Crippen molar-refractivity contribution in [2.24, 2.45) is 0 Å². The Hall–Kier alpha value is -4.54. The predicted octanol–water partition coefficient (Wildman–Crippen LogP) is 6.84. The highest BCUT2D eigenvalue weighted by Crippen LogP contribution is 2.37. The molecule has 3 N–H and O–H groups in total. The van der Waals surface area contributed by atoms with E-state index >= 15 is 0 Å². The average Bonchev–Trinajstić information content (AvgIpc) is 3.49. The van der Waals surface area contributed by atoms with Gasteiger partial charge >= 0.3 is 30.5 Å². The quantitative estimate of drug-likeness (QED) is 0.247. The Morgan fingerprint density at radius 3 is 1.96 bits per heavy atom. The number of pyridine rings is 1. The number of carbonyl (C=O) groups is 2. The SMILES string of the molecule is COc1cccc(-c2cc(OC[C@@H]3CCCN3)cnc2-c2cccc(C(F)(F)F)c2)c1.O=C(O)C(F)(F)F.O=C(O)C(F)(F)F. The smallest absolute Gasteiger partial charge is 0.490 e. The van der Waals surface area contributed by atoms with Crippen LogP contribution in [0.3, 0.4) is 0 Å². The molecule has 0 amide bonds. The molecule has 0 spiro atoms. The van der Waals surface area contributed by atoms with Crippen LogP contribution in [0.5, 0.6) is 11.5 Å². The molecule has 0 aliphatic carbocycles. The van der Waals surface area contributed by atoms with Crippen molar-refractivity contribution < 1.29 is 68.8 Å². The van der Waals surface area contributed by atoms with Crippen LogP contribution >= 0.6 is 0 Å². The number of nitrogens with zero attached hydrogens (tertiary/aromatic N) is 1. The molecule has 0 bridgehead atoms. The van der Waals surface area contributed by atoms with Gasteiger partial charge in [-0.05, 0) is 55.3 Å². The molecule has 1 saturated heterocycles. The molecule has 1 aromatic heterocycles. The summed E-state index contributed by atoms with van der Waals surface area (Å²) in [5, 5.41) is 17.6. The molecule has 246 valence electrons. The fraction of sp³-hybridized carbons (Fsp3) is 0.321.